The van der Waals surface area contributed by atoms with E-state index < -0.39 is 16.0 Å². The first kappa shape index (κ1) is 27.2. The zero-order valence-electron chi connectivity index (χ0n) is 23.0. The number of carbonyl (C=O) groups is 2. The van der Waals surface area contributed by atoms with E-state index in [-0.39, 0.29) is 28.5 Å². The van der Waals surface area contributed by atoms with Crippen molar-refractivity contribution in [3.05, 3.63) is 23.8 Å². The first-order valence-electron chi connectivity index (χ1n) is 12.5. The van der Waals surface area contributed by atoms with Crippen LogP contribution < -0.4 is 10.5 Å². The molecule has 0 unspecified atom stereocenters. The summed E-state index contributed by atoms with van der Waals surface area (Å²) in [5.74, 6) is 0.855. The summed E-state index contributed by atoms with van der Waals surface area (Å²) in [6.07, 6.45) is 3.97. The molecule has 2 aliphatic rings. The van der Waals surface area contributed by atoms with E-state index in [2.05, 4.69) is 93.2 Å². The molecule has 0 aromatic heterocycles. The largest absolute Gasteiger partial charge is 0.300 e. The van der Waals surface area contributed by atoms with E-state index in [4.69, 9.17) is 0 Å². The van der Waals surface area contributed by atoms with Gasteiger partial charge in [-0.25, -0.2) is 0 Å². The van der Waals surface area contributed by atoms with Gasteiger partial charge in [-0.1, -0.05) is 114 Å². The first-order valence-corrected chi connectivity index (χ1v) is 18.9. The normalized spacial score (nSPS) is 25.3. The molecule has 0 amide bonds. The molecule has 2 aliphatic heterocycles. The van der Waals surface area contributed by atoms with Crippen LogP contribution in [0.5, 0.6) is 0 Å². The number of rotatable bonds is 4. The Morgan fingerprint density at radius 3 is 1.58 bits per heavy atom. The third-order valence-electron chi connectivity index (χ3n) is 7.68. The molecule has 0 bridgehead atoms. The second-order valence-corrected chi connectivity index (χ2v) is 26.3. The number of hydrogen-bond donors (Lipinski definition) is 0. The highest BCUT2D eigenvalue weighted by Crippen LogP contribution is 2.67. The molecule has 2 nitrogen and oxygen atoms in total. The van der Waals surface area contributed by atoms with Gasteiger partial charge in [0.05, 0.1) is 8.07 Å². The quantitative estimate of drug-likeness (QED) is 0.322. The van der Waals surface area contributed by atoms with Crippen LogP contribution >= 0.6 is 15.8 Å². The molecule has 184 valence electrons. The highest BCUT2D eigenvalue weighted by Gasteiger charge is 2.49. The molecule has 1 aromatic rings. The van der Waals surface area contributed by atoms with Gasteiger partial charge >= 0.3 is 0 Å². The third kappa shape index (κ3) is 5.57. The van der Waals surface area contributed by atoms with Crippen LogP contribution in [0.25, 0.3) is 0 Å². The predicted octanol–water partition coefficient (Wildman–Crippen LogP) is 7.16. The summed E-state index contributed by atoms with van der Waals surface area (Å²) >= 11 is 0. The van der Waals surface area contributed by atoms with Crippen molar-refractivity contribution < 1.29 is 9.59 Å². The lowest BCUT2D eigenvalue weighted by Crippen LogP contribution is -2.46. The minimum absolute atomic E-state index is 0.0319. The van der Waals surface area contributed by atoms with Gasteiger partial charge in [-0.15, -0.1) is 0 Å². The van der Waals surface area contributed by atoms with Crippen LogP contribution in [-0.2, 0) is 15.8 Å². The Morgan fingerprint density at radius 2 is 1.15 bits per heavy atom. The number of hydrogen-bond acceptors (Lipinski definition) is 2. The van der Waals surface area contributed by atoms with E-state index in [1.165, 1.54) is 10.9 Å². The van der Waals surface area contributed by atoms with Crippen LogP contribution in [0.1, 0.15) is 86.6 Å². The number of Topliss-reactive ketones (excluding diaryl/α,β-unsaturated/α-hetero) is 2. The Hall–Kier alpha value is -0.363. The number of carbonyl (C=O) groups excluding carboxylic acids is 2. The van der Waals surface area contributed by atoms with Gasteiger partial charge in [-0.3, -0.25) is 9.59 Å². The van der Waals surface area contributed by atoms with Gasteiger partial charge in [0.25, 0.3) is 0 Å². The van der Waals surface area contributed by atoms with Gasteiger partial charge in [0.15, 0.2) is 0 Å². The Balaban J connectivity index is 2.07. The first-order chi connectivity index (χ1) is 14.8. The Kier molecular flexibility index (Phi) is 7.13. The smallest absolute Gasteiger partial charge is 0.134 e. The van der Waals surface area contributed by atoms with Gasteiger partial charge in [0, 0.05) is 25.7 Å². The maximum absolute atomic E-state index is 12.5. The SMILES string of the molecule is CC1(C)CC(=O)CC(C)(C)P1Cc1ccc(P2C(C)(C)CC(=O)CC2(C)C)cc1[Si](C)(C)C. The third-order valence-corrected chi connectivity index (χ3v) is 17.2. The molecule has 2 saturated heterocycles. The topological polar surface area (TPSA) is 34.1 Å². The number of ketones is 2. The van der Waals surface area contributed by atoms with Crippen molar-refractivity contribution in [2.45, 2.75) is 128 Å². The lowest BCUT2D eigenvalue weighted by molar-refractivity contribution is -0.121. The molecule has 2 heterocycles. The van der Waals surface area contributed by atoms with E-state index >= 15 is 0 Å². The van der Waals surface area contributed by atoms with Gasteiger partial charge in [-0.05, 0) is 37.7 Å². The molecule has 2 fully saturated rings. The van der Waals surface area contributed by atoms with Crippen LogP contribution in [0.4, 0.5) is 0 Å². The summed E-state index contributed by atoms with van der Waals surface area (Å²) in [7, 11) is -2.37. The van der Waals surface area contributed by atoms with Crippen molar-refractivity contribution in [1.82, 2.24) is 0 Å². The monoisotopic (exact) mass is 504 g/mol. The van der Waals surface area contributed by atoms with Crippen LogP contribution in [0, 0.1) is 0 Å². The molecular weight excluding hydrogens is 458 g/mol. The van der Waals surface area contributed by atoms with Crippen molar-refractivity contribution in [2.75, 3.05) is 0 Å². The molecule has 3 rings (SSSR count). The molecule has 0 saturated carbocycles. The standard InChI is InChI=1S/C28H46O2P2Si/c1-25(2)15-21(29)16-26(3,4)31(25)19-20-12-13-23(14-24(20)33(9,10)11)32-27(5,6)17-22(30)18-28(32,7)8/h12-14H,15-19H2,1-11H3. The van der Waals surface area contributed by atoms with Crippen LogP contribution in [0.15, 0.2) is 18.2 Å². The maximum Gasteiger partial charge on any atom is 0.134 e. The van der Waals surface area contributed by atoms with E-state index in [1.807, 2.05) is 0 Å². The summed E-state index contributed by atoms with van der Waals surface area (Å²) in [4.78, 5) is 25.0. The predicted molar refractivity (Wildman–Crippen MR) is 151 cm³/mol. The maximum atomic E-state index is 12.5. The van der Waals surface area contributed by atoms with E-state index in [9.17, 15) is 9.59 Å². The molecule has 5 heteroatoms. The van der Waals surface area contributed by atoms with Crippen LogP contribution in [0.3, 0.4) is 0 Å². The van der Waals surface area contributed by atoms with Gasteiger partial charge in [0.2, 0.25) is 0 Å². The summed E-state index contributed by atoms with van der Waals surface area (Å²) in [6.45, 7) is 26.0. The van der Waals surface area contributed by atoms with E-state index in [0.717, 1.165) is 19.0 Å². The molecule has 0 atom stereocenters. The molecule has 0 spiro atoms. The van der Waals surface area contributed by atoms with Crippen LogP contribution in [-0.4, -0.2) is 40.3 Å². The molecule has 0 radical (unpaired) electrons. The average molecular weight is 505 g/mol. The lowest BCUT2D eigenvalue weighted by Gasteiger charge is -2.50. The zero-order chi connectivity index (χ0) is 25.2. The Bertz CT molecular complexity index is 913. The Morgan fingerprint density at radius 1 is 0.727 bits per heavy atom. The molecule has 0 N–H and O–H groups in total. The fourth-order valence-corrected chi connectivity index (χ4v) is 16.9. The highest BCUT2D eigenvalue weighted by molar-refractivity contribution is 7.68. The number of benzene rings is 1. The van der Waals surface area contributed by atoms with Crippen molar-refractivity contribution in [1.29, 1.82) is 0 Å². The molecule has 33 heavy (non-hydrogen) atoms. The molecule has 1 aromatic carbocycles. The zero-order valence-corrected chi connectivity index (χ0v) is 25.8. The van der Waals surface area contributed by atoms with Crippen molar-refractivity contribution >= 4 is 46.0 Å². The highest BCUT2D eigenvalue weighted by atomic mass is 31.1. The van der Waals surface area contributed by atoms with Crippen molar-refractivity contribution in [2.24, 2.45) is 0 Å². The van der Waals surface area contributed by atoms with E-state index in [0.29, 0.717) is 24.4 Å². The van der Waals surface area contributed by atoms with Crippen molar-refractivity contribution in [3.63, 3.8) is 0 Å². The average Bonchev–Trinajstić information content (AvgIpc) is 2.54. The fourth-order valence-electron chi connectivity index (χ4n) is 6.88. The second kappa shape index (κ2) is 8.64. The minimum Gasteiger partial charge on any atom is -0.300 e. The summed E-state index contributed by atoms with van der Waals surface area (Å²) < 4.78 is 0. The molecule has 0 aliphatic carbocycles. The van der Waals surface area contributed by atoms with Gasteiger partial charge in [-0.2, -0.15) is 0 Å². The second-order valence-electron chi connectivity index (χ2n) is 14.0. The minimum atomic E-state index is -1.58. The van der Waals surface area contributed by atoms with Gasteiger partial charge in [0.1, 0.15) is 11.6 Å². The fraction of sp³-hybridized carbons (Fsp3) is 0.714. The summed E-state index contributed by atoms with van der Waals surface area (Å²) in [5, 5.41) is 3.31. The van der Waals surface area contributed by atoms with Crippen molar-refractivity contribution in [3.8, 4) is 0 Å². The Labute approximate surface area is 206 Å². The lowest BCUT2D eigenvalue weighted by atomic mass is 9.96. The summed E-state index contributed by atoms with van der Waals surface area (Å²) in [5.41, 5.74) is 1.53. The van der Waals surface area contributed by atoms with Crippen LogP contribution in [0.2, 0.25) is 19.6 Å². The summed E-state index contributed by atoms with van der Waals surface area (Å²) in [6, 6.07) is 7.42. The van der Waals surface area contributed by atoms with E-state index in [1.54, 1.807) is 5.19 Å². The molecular formula is C28H46O2P2Si. The van der Waals surface area contributed by atoms with Gasteiger partial charge < -0.3 is 0 Å².